The summed E-state index contributed by atoms with van der Waals surface area (Å²) in [5, 5.41) is 10.9. The summed E-state index contributed by atoms with van der Waals surface area (Å²) in [6.07, 6.45) is 1.24. The average Bonchev–Trinajstić information content (AvgIpc) is 2.41. The number of carboxylic acids is 1. The lowest BCUT2D eigenvalue weighted by atomic mass is 9.77. The summed E-state index contributed by atoms with van der Waals surface area (Å²) in [6.45, 7) is 10.1. The number of nitrogens with zero attached hydrogens (tertiary/aromatic N) is 1. The van der Waals surface area contributed by atoms with Crippen LogP contribution in [0.15, 0.2) is 0 Å². The number of hydrogen-bond acceptors (Lipinski definition) is 6. The van der Waals surface area contributed by atoms with Crippen LogP contribution in [0.5, 0.6) is 0 Å². The lowest BCUT2D eigenvalue weighted by Crippen LogP contribution is -2.65. The van der Waals surface area contributed by atoms with Crippen molar-refractivity contribution in [2.75, 3.05) is 26.4 Å². The molecule has 0 spiro atoms. The highest BCUT2D eigenvalue weighted by atomic mass is 17.0. The van der Waals surface area contributed by atoms with Gasteiger partial charge in [0.25, 0.3) is 5.72 Å². The summed E-state index contributed by atoms with van der Waals surface area (Å²) in [7, 11) is 0. The molecule has 0 radical (unpaired) electrons. The van der Waals surface area contributed by atoms with Gasteiger partial charge in [-0.2, -0.15) is 0 Å². The standard InChI is InChI=1S/C14H30N2O5/c1-6-19-14(12(17)18,13(4,5)10-9-11-15)16(20-7-2)21-8-3/h6-11,15H2,1-5H3,(H,17,18)/t14-/m0/s1. The summed E-state index contributed by atoms with van der Waals surface area (Å²) < 4.78 is 5.66. The molecule has 0 rings (SSSR count). The van der Waals surface area contributed by atoms with Crippen LogP contribution >= 0.6 is 0 Å². The summed E-state index contributed by atoms with van der Waals surface area (Å²) >= 11 is 0. The second kappa shape index (κ2) is 9.32. The van der Waals surface area contributed by atoms with Gasteiger partial charge in [-0.15, -0.1) is 0 Å². The Labute approximate surface area is 127 Å². The predicted molar refractivity (Wildman–Crippen MR) is 79.2 cm³/mol. The van der Waals surface area contributed by atoms with Crippen molar-refractivity contribution in [1.82, 2.24) is 5.23 Å². The van der Waals surface area contributed by atoms with Gasteiger partial charge in [0.15, 0.2) is 0 Å². The van der Waals surface area contributed by atoms with Gasteiger partial charge in [-0.3, -0.25) is 9.68 Å². The van der Waals surface area contributed by atoms with E-state index in [1.807, 2.05) is 13.8 Å². The first kappa shape index (κ1) is 20.3. The molecule has 0 saturated heterocycles. The van der Waals surface area contributed by atoms with Crippen LogP contribution in [0.4, 0.5) is 0 Å². The molecule has 3 N–H and O–H groups in total. The van der Waals surface area contributed by atoms with E-state index in [1.165, 1.54) is 0 Å². The molecule has 0 amide bonds. The third-order valence-corrected chi connectivity index (χ3v) is 3.32. The van der Waals surface area contributed by atoms with Crippen molar-refractivity contribution in [2.45, 2.75) is 53.2 Å². The molecule has 0 bridgehead atoms. The molecule has 0 aromatic rings. The molecule has 0 aromatic heterocycles. The minimum Gasteiger partial charge on any atom is -0.478 e. The molecule has 0 aliphatic rings. The topological polar surface area (TPSA) is 94.2 Å². The van der Waals surface area contributed by atoms with E-state index in [-0.39, 0.29) is 19.8 Å². The number of nitrogens with two attached hydrogens (primary N) is 1. The van der Waals surface area contributed by atoms with Crippen LogP contribution in [0.3, 0.4) is 0 Å². The van der Waals surface area contributed by atoms with E-state index >= 15 is 0 Å². The molecule has 0 fully saturated rings. The Balaban J connectivity index is 5.74. The van der Waals surface area contributed by atoms with Crippen LogP contribution in [0.25, 0.3) is 0 Å². The molecular weight excluding hydrogens is 276 g/mol. The number of aliphatic carboxylic acids is 1. The smallest absolute Gasteiger partial charge is 0.357 e. The van der Waals surface area contributed by atoms with Crippen molar-refractivity contribution >= 4 is 5.97 Å². The van der Waals surface area contributed by atoms with Crippen LogP contribution in [-0.2, 0) is 19.2 Å². The van der Waals surface area contributed by atoms with Crippen molar-refractivity contribution in [2.24, 2.45) is 11.1 Å². The Morgan fingerprint density at radius 3 is 2.00 bits per heavy atom. The SMILES string of the molecule is CCON(OCC)[C@](OCC)(C(=O)O)C(C)(C)CCCN. The monoisotopic (exact) mass is 306 g/mol. The summed E-state index contributed by atoms with van der Waals surface area (Å²) in [5.41, 5.74) is 3.06. The van der Waals surface area contributed by atoms with E-state index in [0.29, 0.717) is 19.4 Å². The van der Waals surface area contributed by atoms with Gasteiger partial charge in [0, 0.05) is 12.0 Å². The zero-order chi connectivity index (χ0) is 16.5. The Bertz CT molecular complexity index is 306. The Hall–Kier alpha value is -0.730. The van der Waals surface area contributed by atoms with E-state index < -0.39 is 17.1 Å². The fraction of sp³-hybridized carbons (Fsp3) is 0.929. The van der Waals surface area contributed by atoms with Crippen molar-refractivity contribution in [3.05, 3.63) is 0 Å². The number of carboxylic acid groups (broad SMARTS) is 1. The fourth-order valence-electron chi connectivity index (χ4n) is 2.30. The molecule has 0 saturated carbocycles. The highest BCUT2D eigenvalue weighted by Crippen LogP contribution is 2.42. The van der Waals surface area contributed by atoms with E-state index in [2.05, 4.69) is 0 Å². The highest BCUT2D eigenvalue weighted by Gasteiger charge is 2.59. The van der Waals surface area contributed by atoms with Crippen molar-refractivity contribution in [1.29, 1.82) is 0 Å². The molecular formula is C14H30N2O5. The first-order valence-corrected chi connectivity index (χ1v) is 7.47. The maximum atomic E-state index is 12.1. The first-order valence-electron chi connectivity index (χ1n) is 7.47. The number of ether oxygens (including phenoxy) is 1. The summed E-state index contributed by atoms with van der Waals surface area (Å²) in [6, 6.07) is 0. The molecule has 21 heavy (non-hydrogen) atoms. The lowest BCUT2D eigenvalue weighted by Gasteiger charge is -2.47. The number of hydrogen-bond donors (Lipinski definition) is 2. The van der Waals surface area contributed by atoms with Gasteiger partial charge in [-0.1, -0.05) is 13.8 Å². The number of carbonyl (C=O) groups is 1. The third-order valence-electron chi connectivity index (χ3n) is 3.32. The van der Waals surface area contributed by atoms with E-state index in [0.717, 1.165) is 5.23 Å². The molecule has 126 valence electrons. The Morgan fingerprint density at radius 2 is 1.67 bits per heavy atom. The van der Waals surface area contributed by atoms with Crippen LogP contribution in [-0.4, -0.2) is 48.4 Å². The molecule has 7 heteroatoms. The van der Waals surface area contributed by atoms with Gasteiger partial charge in [-0.05, 0) is 45.4 Å². The first-order chi connectivity index (χ1) is 9.83. The average molecular weight is 306 g/mol. The van der Waals surface area contributed by atoms with Gasteiger partial charge in [0.05, 0.1) is 13.2 Å². The van der Waals surface area contributed by atoms with Crippen LogP contribution in [0, 0.1) is 5.41 Å². The molecule has 0 aromatic carbocycles. The second-order valence-electron chi connectivity index (χ2n) is 5.25. The predicted octanol–water partition coefficient (Wildman–Crippen LogP) is 1.77. The highest BCUT2D eigenvalue weighted by molar-refractivity contribution is 5.77. The molecule has 7 nitrogen and oxygen atoms in total. The largest absolute Gasteiger partial charge is 0.478 e. The Kier molecular flexibility index (Phi) is 9.00. The molecule has 1 atom stereocenters. The van der Waals surface area contributed by atoms with Gasteiger partial charge >= 0.3 is 5.97 Å². The van der Waals surface area contributed by atoms with E-state index in [4.69, 9.17) is 20.1 Å². The maximum absolute atomic E-state index is 12.1. The normalized spacial score (nSPS) is 15.2. The lowest BCUT2D eigenvalue weighted by molar-refractivity contribution is -0.465. The Morgan fingerprint density at radius 1 is 1.14 bits per heavy atom. The van der Waals surface area contributed by atoms with E-state index in [9.17, 15) is 9.90 Å². The number of rotatable bonds is 12. The number of hydroxylamine groups is 2. The van der Waals surface area contributed by atoms with Gasteiger partial charge in [-0.25, -0.2) is 4.79 Å². The van der Waals surface area contributed by atoms with Crippen molar-refractivity contribution < 1.29 is 24.3 Å². The minimum absolute atomic E-state index is 0.217. The van der Waals surface area contributed by atoms with Crippen LogP contribution < -0.4 is 5.73 Å². The second-order valence-corrected chi connectivity index (χ2v) is 5.25. The maximum Gasteiger partial charge on any atom is 0.357 e. The minimum atomic E-state index is -1.73. The summed E-state index contributed by atoms with van der Waals surface area (Å²) in [5.74, 6) is -1.15. The van der Waals surface area contributed by atoms with Crippen LogP contribution in [0.1, 0.15) is 47.5 Å². The fourth-order valence-corrected chi connectivity index (χ4v) is 2.30. The van der Waals surface area contributed by atoms with Crippen LogP contribution in [0.2, 0.25) is 0 Å². The molecule has 0 unspecified atom stereocenters. The van der Waals surface area contributed by atoms with Crippen molar-refractivity contribution in [3.8, 4) is 0 Å². The quantitative estimate of drug-likeness (QED) is 0.419. The van der Waals surface area contributed by atoms with Gasteiger partial charge in [0.2, 0.25) is 0 Å². The summed E-state index contributed by atoms with van der Waals surface area (Å²) in [4.78, 5) is 22.9. The van der Waals surface area contributed by atoms with Gasteiger partial charge < -0.3 is 15.6 Å². The third kappa shape index (κ3) is 4.62. The molecule has 0 heterocycles. The zero-order valence-corrected chi connectivity index (χ0v) is 13.8. The molecule has 0 aliphatic carbocycles. The molecule has 0 aliphatic heterocycles. The van der Waals surface area contributed by atoms with Gasteiger partial charge in [0.1, 0.15) is 0 Å². The zero-order valence-electron chi connectivity index (χ0n) is 13.8. The van der Waals surface area contributed by atoms with E-state index in [1.54, 1.807) is 20.8 Å². The van der Waals surface area contributed by atoms with Crippen molar-refractivity contribution in [3.63, 3.8) is 0 Å².